The Kier molecular flexibility index (Phi) is 5.92. The Balaban J connectivity index is 3.74. The van der Waals surface area contributed by atoms with E-state index in [0.29, 0.717) is 0 Å². The van der Waals surface area contributed by atoms with Crippen LogP contribution in [-0.4, -0.2) is 33.2 Å². The van der Waals surface area contributed by atoms with Crippen LogP contribution in [0.25, 0.3) is 0 Å². The molecule has 0 atom stereocenters. The lowest BCUT2D eigenvalue weighted by Gasteiger charge is -2.14. The number of hydrogen-bond donors (Lipinski definition) is 0. The second-order valence-corrected chi connectivity index (χ2v) is 9.96. The summed E-state index contributed by atoms with van der Waals surface area (Å²) in [4.78, 5) is 21.9. The summed E-state index contributed by atoms with van der Waals surface area (Å²) in [7, 11) is -1.23. The summed E-state index contributed by atoms with van der Waals surface area (Å²) in [5.74, 6) is -1.87. The third-order valence-electron chi connectivity index (χ3n) is 1.58. The Hall–Kier alpha value is -1.10. The van der Waals surface area contributed by atoms with Crippen LogP contribution in [-0.2, 0) is 19.1 Å². The molecule has 0 aliphatic rings. The molecule has 0 rings (SSSR count). The van der Waals surface area contributed by atoms with Crippen LogP contribution < -0.4 is 0 Å². The highest BCUT2D eigenvalue weighted by Gasteiger charge is 2.19. The molecule has 0 spiro atoms. The first-order valence-corrected chi connectivity index (χ1v) is 8.52. The molecule has 15 heavy (non-hydrogen) atoms. The molecule has 0 aliphatic carbocycles. The van der Waals surface area contributed by atoms with Gasteiger partial charge in [0.15, 0.2) is 0 Å². The minimum absolute atomic E-state index is 0.0297. The number of carbonyl (C=O) groups excluding carboxylic acids is 2. The van der Waals surface area contributed by atoms with Crippen molar-refractivity contribution in [3.8, 4) is 0 Å². The maximum Gasteiger partial charge on any atom is 0.417 e. The van der Waals surface area contributed by atoms with Gasteiger partial charge in [0, 0.05) is 8.07 Å². The summed E-state index contributed by atoms with van der Waals surface area (Å²) in [6.45, 7) is 10.2. The normalized spacial score (nSPS) is 10.6. The fraction of sp³-hybridized carbons (Fsp3) is 0.600. The molecule has 0 heterocycles. The summed E-state index contributed by atoms with van der Waals surface area (Å²) in [5, 5.41) is 0. The summed E-state index contributed by atoms with van der Waals surface area (Å²) < 4.78 is 9.28. The van der Waals surface area contributed by atoms with Gasteiger partial charge in [-0.1, -0.05) is 32.3 Å². The number of carbonyl (C=O) groups is 2. The lowest BCUT2D eigenvalue weighted by atomic mass is 10.6. The van der Waals surface area contributed by atoms with Crippen molar-refractivity contribution in [2.45, 2.75) is 25.7 Å². The minimum atomic E-state index is -1.23. The zero-order chi connectivity index (χ0) is 11.9. The third-order valence-corrected chi connectivity index (χ3v) is 3.29. The molecule has 0 aromatic carbocycles. The molecule has 4 nitrogen and oxygen atoms in total. The van der Waals surface area contributed by atoms with Crippen LogP contribution in [0.2, 0.25) is 25.7 Å². The summed E-state index contributed by atoms with van der Waals surface area (Å²) in [6, 6.07) is 0.841. The van der Waals surface area contributed by atoms with Gasteiger partial charge in [-0.3, -0.25) is 0 Å². The van der Waals surface area contributed by atoms with E-state index in [9.17, 15) is 9.59 Å². The minimum Gasteiger partial charge on any atom is -0.458 e. The fourth-order valence-corrected chi connectivity index (χ4v) is 1.42. The van der Waals surface area contributed by atoms with Crippen LogP contribution in [0.4, 0.5) is 0 Å². The number of rotatable bonds is 5. The number of hydrogen-bond acceptors (Lipinski definition) is 4. The van der Waals surface area contributed by atoms with Crippen LogP contribution in [0.1, 0.15) is 0 Å². The first-order chi connectivity index (χ1) is 6.87. The molecule has 0 fully saturated rings. The third kappa shape index (κ3) is 7.93. The van der Waals surface area contributed by atoms with E-state index in [1.807, 2.05) is 0 Å². The lowest BCUT2D eigenvalue weighted by molar-refractivity contribution is -0.166. The molecule has 5 heteroatoms. The van der Waals surface area contributed by atoms with Gasteiger partial charge in [-0.05, 0) is 6.04 Å². The van der Waals surface area contributed by atoms with Crippen molar-refractivity contribution < 1.29 is 19.1 Å². The summed E-state index contributed by atoms with van der Waals surface area (Å²) in [6.07, 6.45) is 1.40. The molecule has 0 saturated carbocycles. The van der Waals surface area contributed by atoms with Crippen molar-refractivity contribution in [1.29, 1.82) is 0 Å². The molecule has 0 unspecified atom stereocenters. The van der Waals surface area contributed by atoms with E-state index in [4.69, 9.17) is 4.74 Å². The van der Waals surface area contributed by atoms with Crippen molar-refractivity contribution in [3.63, 3.8) is 0 Å². The molecule has 0 amide bonds. The van der Waals surface area contributed by atoms with Gasteiger partial charge < -0.3 is 9.47 Å². The van der Waals surface area contributed by atoms with E-state index in [1.165, 1.54) is 6.08 Å². The van der Waals surface area contributed by atoms with Crippen LogP contribution in [0.15, 0.2) is 12.7 Å². The fourth-order valence-electron chi connectivity index (χ4n) is 0.702. The monoisotopic (exact) mass is 230 g/mol. The SMILES string of the molecule is C=CCOC(=O)C(=O)OCC[Si](C)(C)C. The Bertz CT molecular complexity index is 242. The van der Waals surface area contributed by atoms with E-state index in [-0.39, 0.29) is 13.2 Å². The van der Waals surface area contributed by atoms with E-state index >= 15 is 0 Å². The van der Waals surface area contributed by atoms with Crippen LogP contribution in [0, 0.1) is 0 Å². The quantitative estimate of drug-likeness (QED) is 0.311. The molecule has 0 N–H and O–H groups in total. The van der Waals surface area contributed by atoms with Crippen molar-refractivity contribution in [3.05, 3.63) is 12.7 Å². The molecule has 0 bridgehead atoms. The van der Waals surface area contributed by atoms with Gasteiger partial charge in [-0.25, -0.2) is 9.59 Å². The van der Waals surface area contributed by atoms with Crippen LogP contribution >= 0.6 is 0 Å². The standard InChI is InChI=1S/C10H18O4Si/c1-5-6-13-9(11)10(12)14-7-8-15(2,3)4/h5H,1,6-8H2,2-4H3. The summed E-state index contributed by atoms with van der Waals surface area (Å²) >= 11 is 0. The smallest absolute Gasteiger partial charge is 0.417 e. The van der Waals surface area contributed by atoms with Crippen LogP contribution in [0.5, 0.6) is 0 Å². The summed E-state index contributed by atoms with van der Waals surface area (Å²) in [5.41, 5.74) is 0. The van der Waals surface area contributed by atoms with Gasteiger partial charge in [0.25, 0.3) is 0 Å². The number of ether oxygens (including phenoxy) is 2. The first-order valence-electron chi connectivity index (χ1n) is 4.81. The largest absolute Gasteiger partial charge is 0.458 e. The first kappa shape index (κ1) is 13.9. The van der Waals surface area contributed by atoms with Gasteiger partial charge in [0.05, 0.1) is 6.61 Å². The molecule has 0 aliphatic heterocycles. The Morgan fingerprint density at radius 2 is 1.73 bits per heavy atom. The highest BCUT2D eigenvalue weighted by atomic mass is 28.3. The molecular formula is C10H18O4Si. The zero-order valence-electron chi connectivity index (χ0n) is 9.54. The highest BCUT2D eigenvalue weighted by molar-refractivity contribution is 6.76. The maximum atomic E-state index is 11.0. The van der Waals surface area contributed by atoms with Gasteiger partial charge in [-0.2, -0.15) is 0 Å². The van der Waals surface area contributed by atoms with Crippen molar-refractivity contribution >= 4 is 20.0 Å². The molecule has 0 aromatic heterocycles. The van der Waals surface area contributed by atoms with Gasteiger partial charge >= 0.3 is 11.9 Å². The van der Waals surface area contributed by atoms with E-state index < -0.39 is 20.0 Å². The second kappa shape index (κ2) is 6.39. The van der Waals surface area contributed by atoms with Crippen molar-refractivity contribution in [2.24, 2.45) is 0 Å². The highest BCUT2D eigenvalue weighted by Crippen LogP contribution is 2.07. The van der Waals surface area contributed by atoms with E-state index in [0.717, 1.165) is 6.04 Å². The molecule has 0 aromatic rings. The Morgan fingerprint density at radius 3 is 2.20 bits per heavy atom. The predicted octanol–water partition coefficient (Wildman–Crippen LogP) is 1.60. The molecule has 0 saturated heterocycles. The van der Waals surface area contributed by atoms with Gasteiger partial charge in [0.1, 0.15) is 6.61 Å². The molecule has 86 valence electrons. The lowest BCUT2D eigenvalue weighted by Crippen LogP contribution is -2.26. The van der Waals surface area contributed by atoms with Crippen molar-refractivity contribution in [1.82, 2.24) is 0 Å². The molecular weight excluding hydrogens is 212 g/mol. The maximum absolute atomic E-state index is 11.0. The van der Waals surface area contributed by atoms with Crippen LogP contribution in [0.3, 0.4) is 0 Å². The Labute approximate surface area is 91.3 Å². The van der Waals surface area contributed by atoms with Crippen molar-refractivity contribution in [2.75, 3.05) is 13.2 Å². The average Bonchev–Trinajstić information content (AvgIpc) is 2.11. The van der Waals surface area contributed by atoms with E-state index in [1.54, 1.807) is 0 Å². The van der Waals surface area contributed by atoms with E-state index in [2.05, 4.69) is 31.0 Å². The van der Waals surface area contributed by atoms with Gasteiger partial charge in [0.2, 0.25) is 0 Å². The second-order valence-electron chi connectivity index (χ2n) is 4.33. The topological polar surface area (TPSA) is 52.6 Å². The average molecular weight is 230 g/mol. The van der Waals surface area contributed by atoms with Gasteiger partial charge in [-0.15, -0.1) is 0 Å². The molecule has 0 radical (unpaired) electrons. The number of esters is 2. The predicted molar refractivity (Wildman–Crippen MR) is 60.3 cm³/mol. The zero-order valence-corrected chi connectivity index (χ0v) is 10.5. The Morgan fingerprint density at radius 1 is 1.20 bits per heavy atom.